The first-order chi connectivity index (χ1) is 9.58. The van der Waals surface area contributed by atoms with Gasteiger partial charge in [-0.25, -0.2) is 0 Å². The number of aryl methyl sites for hydroxylation is 2. The number of hydrazine groups is 1. The molecule has 2 heterocycles. The molecule has 6 heteroatoms. The fourth-order valence-electron chi connectivity index (χ4n) is 2.45. The van der Waals surface area contributed by atoms with Crippen LogP contribution >= 0.6 is 0 Å². The third-order valence-corrected chi connectivity index (χ3v) is 3.56. The van der Waals surface area contributed by atoms with E-state index in [4.69, 9.17) is 10.6 Å². The lowest BCUT2D eigenvalue weighted by molar-refractivity contribution is 0.405. The first-order valence-corrected chi connectivity index (χ1v) is 6.51. The van der Waals surface area contributed by atoms with Crippen molar-refractivity contribution < 1.29 is 4.74 Å². The summed E-state index contributed by atoms with van der Waals surface area (Å²) in [4.78, 5) is 4.51. The van der Waals surface area contributed by atoms with Crippen LogP contribution in [0, 0.1) is 13.8 Å². The van der Waals surface area contributed by atoms with Gasteiger partial charge in [0.15, 0.2) is 0 Å². The predicted octanol–water partition coefficient (Wildman–Crippen LogP) is 1.19. The second-order valence-electron chi connectivity index (χ2n) is 4.85. The summed E-state index contributed by atoms with van der Waals surface area (Å²) in [5, 5.41) is 4.17. The van der Waals surface area contributed by atoms with Gasteiger partial charge in [-0.1, -0.05) is 0 Å². The average molecular weight is 275 g/mol. The summed E-state index contributed by atoms with van der Waals surface area (Å²) in [5.41, 5.74) is 6.91. The molecule has 108 valence electrons. The highest BCUT2D eigenvalue weighted by molar-refractivity contribution is 5.41. The summed E-state index contributed by atoms with van der Waals surface area (Å²) < 4.78 is 7.25. The van der Waals surface area contributed by atoms with Crippen molar-refractivity contribution in [3.63, 3.8) is 0 Å². The Bertz CT molecular complexity index is 593. The molecule has 2 aromatic rings. The Morgan fingerprint density at radius 2 is 2.20 bits per heavy atom. The third kappa shape index (κ3) is 2.66. The lowest BCUT2D eigenvalue weighted by Gasteiger charge is -2.18. The molecule has 0 bridgehead atoms. The minimum atomic E-state index is -0.0406. The molecule has 0 fully saturated rings. The van der Waals surface area contributed by atoms with E-state index in [0.29, 0.717) is 6.42 Å². The van der Waals surface area contributed by atoms with Crippen LogP contribution in [0.5, 0.6) is 5.75 Å². The molecule has 2 aromatic heterocycles. The van der Waals surface area contributed by atoms with Crippen molar-refractivity contribution in [1.29, 1.82) is 0 Å². The van der Waals surface area contributed by atoms with Crippen molar-refractivity contribution in [2.75, 3.05) is 7.11 Å². The van der Waals surface area contributed by atoms with Gasteiger partial charge in [-0.2, -0.15) is 5.10 Å². The summed E-state index contributed by atoms with van der Waals surface area (Å²) in [6.07, 6.45) is 4.27. The van der Waals surface area contributed by atoms with Gasteiger partial charge in [-0.3, -0.25) is 20.9 Å². The molecule has 0 aliphatic carbocycles. The van der Waals surface area contributed by atoms with E-state index in [-0.39, 0.29) is 6.04 Å². The molecule has 2 rings (SSSR count). The van der Waals surface area contributed by atoms with Crippen molar-refractivity contribution in [3.8, 4) is 5.75 Å². The number of rotatable bonds is 5. The Morgan fingerprint density at radius 1 is 1.45 bits per heavy atom. The van der Waals surface area contributed by atoms with Crippen LogP contribution in [0.4, 0.5) is 0 Å². The highest BCUT2D eigenvalue weighted by atomic mass is 16.5. The van der Waals surface area contributed by atoms with Gasteiger partial charge in [-0.05, 0) is 19.9 Å². The number of nitrogens with zero attached hydrogens (tertiary/aromatic N) is 3. The monoisotopic (exact) mass is 275 g/mol. The van der Waals surface area contributed by atoms with Crippen LogP contribution < -0.4 is 16.0 Å². The number of nitrogens with two attached hydrogens (primary N) is 1. The zero-order chi connectivity index (χ0) is 14.7. The van der Waals surface area contributed by atoms with Gasteiger partial charge in [0.2, 0.25) is 0 Å². The van der Waals surface area contributed by atoms with Crippen LogP contribution in [-0.2, 0) is 13.5 Å². The van der Waals surface area contributed by atoms with Crippen molar-refractivity contribution >= 4 is 0 Å². The smallest absolute Gasteiger partial charge is 0.128 e. The molecule has 1 unspecified atom stereocenters. The number of hydrogen-bond donors (Lipinski definition) is 2. The molecule has 20 heavy (non-hydrogen) atoms. The number of ether oxygens (including phenoxy) is 1. The fraction of sp³-hybridized carbons (Fsp3) is 0.429. The summed E-state index contributed by atoms with van der Waals surface area (Å²) in [6, 6.07) is 1.91. The van der Waals surface area contributed by atoms with Gasteiger partial charge < -0.3 is 4.74 Å². The van der Waals surface area contributed by atoms with Crippen LogP contribution in [0.3, 0.4) is 0 Å². The molecule has 0 amide bonds. The molecule has 3 N–H and O–H groups in total. The molecule has 0 spiro atoms. The topological polar surface area (TPSA) is 78.0 Å². The van der Waals surface area contributed by atoms with Crippen LogP contribution in [0.1, 0.15) is 28.6 Å². The van der Waals surface area contributed by atoms with E-state index >= 15 is 0 Å². The third-order valence-electron chi connectivity index (χ3n) is 3.56. The zero-order valence-corrected chi connectivity index (χ0v) is 12.3. The van der Waals surface area contributed by atoms with E-state index in [1.807, 2.05) is 37.8 Å². The van der Waals surface area contributed by atoms with E-state index < -0.39 is 0 Å². The molecule has 0 saturated heterocycles. The minimum Gasteiger partial charge on any atom is -0.496 e. The van der Waals surface area contributed by atoms with Gasteiger partial charge >= 0.3 is 0 Å². The highest BCUT2D eigenvalue weighted by Crippen LogP contribution is 2.26. The number of methoxy groups -OCH3 is 1. The Kier molecular flexibility index (Phi) is 4.36. The number of pyridine rings is 1. The van der Waals surface area contributed by atoms with Crippen molar-refractivity contribution in [2.24, 2.45) is 12.9 Å². The maximum Gasteiger partial charge on any atom is 0.128 e. The molecule has 0 aromatic carbocycles. The maximum atomic E-state index is 5.68. The van der Waals surface area contributed by atoms with E-state index in [1.54, 1.807) is 13.3 Å². The largest absolute Gasteiger partial charge is 0.496 e. The van der Waals surface area contributed by atoms with Crippen molar-refractivity contribution in [2.45, 2.75) is 26.3 Å². The molecule has 0 aliphatic heterocycles. The summed E-state index contributed by atoms with van der Waals surface area (Å²) in [7, 11) is 3.58. The first kappa shape index (κ1) is 14.5. The standard InChI is InChI=1S/C14H21N5O/c1-9-8-16-11(10(2)14(9)20-4)7-12(18-15)13-5-6-17-19(13)3/h5-6,8,12,18H,7,15H2,1-4H3. The minimum absolute atomic E-state index is 0.0406. The molecular formula is C14H21N5O. The second-order valence-corrected chi connectivity index (χ2v) is 4.85. The second kappa shape index (κ2) is 6.02. The van der Waals surface area contributed by atoms with Crippen molar-refractivity contribution in [1.82, 2.24) is 20.2 Å². The summed E-state index contributed by atoms with van der Waals surface area (Å²) in [6.45, 7) is 4.01. The lowest BCUT2D eigenvalue weighted by Crippen LogP contribution is -2.31. The summed E-state index contributed by atoms with van der Waals surface area (Å²) in [5.74, 6) is 6.57. The van der Waals surface area contributed by atoms with Crippen LogP contribution in [0.25, 0.3) is 0 Å². The molecule has 6 nitrogen and oxygen atoms in total. The lowest BCUT2D eigenvalue weighted by atomic mass is 10.0. The molecular weight excluding hydrogens is 254 g/mol. The normalized spacial score (nSPS) is 12.4. The van der Waals surface area contributed by atoms with Gasteiger partial charge in [-0.15, -0.1) is 0 Å². The van der Waals surface area contributed by atoms with Crippen LogP contribution in [0.2, 0.25) is 0 Å². The zero-order valence-electron chi connectivity index (χ0n) is 12.3. The van der Waals surface area contributed by atoms with Gasteiger partial charge in [0.05, 0.1) is 18.8 Å². The average Bonchev–Trinajstić information content (AvgIpc) is 2.85. The van der Waals surface area contributed by atoms with Gasteiger partial charge in [0.1, 0.15) is 5.75 Å². The van der Waals surface area contributed by atoms with Crippen molar-refractivity contribution in [3.05, 3.63) is 41.0 Å². The van der Waals surface area contributed by atoms with E-state index in [1.165, 1.54) is 0 Å². The molecule has 0 radical (unpaired) electrons. The quantitative estimate of drug-likeness (QED) is 0.633. The number of hydrogen-bond acceptors (Lipinski definition) is 5. The fourth-order valence-corrected chi connectivity index (χ4v) is 2.45. The van der Waals surface area contributed by atoms with Crippen LogP contribution in [0.15, 0.2) is 18.5 Å². The number of aromatic nitrogens is 3. The van der Waals surface area contributed by atoms with E-state index in [2.05, 4.69) is 15.5 Å². The van der Waals surface area contributed by atoms with Gasteiger partial charge in [0, 0.05) is 42.7 Å². The Hall–Kier alpha value is -1.92. The van der Waals surface area contributed by atoms with E-state index in [9.17, 15) is 0 Å². The molecule has 0 saturated carbocycles. The number of nitrogens with one attached hydrogen (secondary N) is 1. The highest BCUT2D eigenvalue weighted by Gasteiger charge is 2.18. The van der Waals surface area contributed by atoms with Crippen LogP contribution in [-0.4, -0.2) is 21.9 Å². The Morgan fingerprint density at radius 3 is 2.75 bits per heavy atom. The van der Waals surface area contributed by atoms with E-state index in [0.717, 1.165) is 28.3 Å². The predicted molar refractivity (Wildman–Crippen MR) is 77.2 cm³/mol. The first-order valence-electron chi connectivity index (χ1n) is 6.51. The molecule has 0 aliphatic rings. The summed E-state index contributed by atoms with van der Waals surface area (Å²) >= 11 is 0. The molecule has 1 atom stereocenters. The Labute approximate surface area is 118 Å². The maximum absolute atomic E-state index is 5.68. The van der Waals surface area contributed by atoms with Gasteiger partial charge in [0.25, 0.3) is 0 Å². The SMILES string of the molecule is COc1c(C)cnc(CC(NN)c2ccnn2C)c1C. The Balaban J connectivity index is 2.31.